The number of aryl methyl sites for hydroxylation is 1. The molecular formula is C29H29F3N4O6S. The predicted octanol–water partition coefficient (Wildman–Crippen LogP) is 4.30. The standard InChI is InChI=1S/C27H28N4O4S.C2HF3O2/c1-29-20-9-3-2-8-19(20)24-22(26(29)32)23(35-17-18-7-6-16-34-18)25(36-24)27(33)31-14-12-30(13-15-31)21-10-4-5-11-28-21;3-2(4,5)1(6)7/h2-5,8-11,18H,6-7,12-17H2,1H3;(H,6,7). The van der Waals surface area contributed by atoms with Crippen molar-refractivity contribution in [1.82, 2.24) is 14.5 Å². The van der Waals surface area contributed by atoms with Gasteiger partial charge in [0.2, 0.25) is 0 Å². The average molecular weight is 619 g/mol. The lowest BCUT2D eigenvalue weighted by Gasteiger charge is -2.35. The fraction of sp³-hybridized carbons (Fsp3) is 0.379. The molecule has 0 aliphatic carbocycles. The summed E-state index contributed by atoms with van der Waals surface area (Å²) in [4.78, 5) is 45.2. The lowest BCUT2D eigenvalue weighted by atomic mass is 10.1. The molecule has 2 saturated heterocycles. The van der Waals surface area contributed by atoms with Gasteiger partial charge in [0.25, 0.3) is 11.5 Å². The summed E-state index contributed by atoms with van der Waals surface area (Å²) in [7, 11) is 1.77. The van der Waals surface area contributed by atoms with Gasteiger partial charge in [-0.1, -0.05) is 24.3 Å². The number of piperazine rings is 1. The van der Waals surface area contributed by atoms with Crippen molar-refractivity contribution in [3.05, 3.63) is 63.9 Å². The van der Waals surface area contributed by atoms with Gasteiger partial charge in [0, 0.05) is 51.4 Å². The van der Waals surface area contributed by atoms with Crippen LogP contribution >= 0.6 is 11.3 Å². The topological polar surface area (TPSA) is 114 Å². The van der Waals surface area contributed by atoms with Crippen LogP contribution in [-0.4, -0.2) is 83.1 Å². The fourth-order valence-corrected chi connectivity index (χ4v) is 6.33. The van der Waals surface area contributed by atoms with E-state index >= 15 is 0 Å². The second kappa shape index (κ2) is 12.6. The largest absolute Gasteiger partial charge is 0.490 e. The van der Waals surface area contributed by atoms with E-state index in [-0.39, 0.29) is 17.6 Å². The molecule has 2 aliphatic heterocycles. The van der Waals surface area contributed by atoms with Crippen molar-refractivity contribution < 1.29 is 37.3 Å². The van der Waals surface area contributed by atoms with E-state index in [1.54, 1.807) is 17.8 Å². The van der Waals surface area contributed by atoms with Gasteiger partial charge < -0.3 is 28.9 Å². The summed E-state index contributed by atoms with van der Waals surface area (Å²) in [5.74, 6) is -1.53. The first-order valence-corrected chi connectivity index (χ1v) is 14.4. The van der Waals surface area contributed by atoms with Gasteiger partial charge in [-0.05, 0) is 31.0 Å². The number of carboxylic acid groups (broad SMARTS) is 1. The van der Waals surface area contributed by atoms with Gasteiger partial charge in [-0.15, -0.1) is 11.3 Å². The molecule has 4 aromatic rings. The minimum absolute atomic E-state index is 0.0193. The number of amides is 1. The molecule has 2 aliphatic rings. The van der Waals surface area contributed by atoms with Crippen LogP contribution < -0.4 is 15.2 Å². The molecular weight excluding hydrogens is 589 g/mol. The zero-order chi connectivity index (χ0) is 30.7. The summed E-state index contributed by atoms with van der Waals surface area (Å²) in [5, 5.41) is 8.55. The smallest absolute Gasteiger partial charge is 0.488 e. The number of anilines is 1. The number of hydrogen-bond donors (Lipinski definition) is 1. The molecule has 1 N–H and O–H groups in total. The molecule has 0 radical (unpaired) electrons. The summed E-state index contributed by atoms with van der Waals surface area (Å²) < 4.78 is 46.2. The maximum absolute atomic E-state index is 13.8. The number of para-hydroxylation sites is 1. The van der Waals surface area contributed by atoms with Gasteiger partial charge in [-0.3, -0.25) is 9.59 Å². The molecule has 6 rings (SSSR count). The van der Waals surface area contributed by atoms with Crippen molar-refractivity contribution in [2.45, 2.75) is 25.1 Å². The Morgan fingerprint density at radius 2 is 1.81 bits per heavy atom. The number of nitrogens with zero attached hydrogens (tertiary/aromatic N) is 4. The predicted molar refractivity (Wildman–Crippen MR) is 155 cm³/mol. The van der Waals surface area contributed by atoms with E-state index < -0.39 is 12.1 Å². The first kappa shape index (κ1) is 30.3. The van der Waals surface area contributed by atoms with Crippen molar-refractivity contribution in [3.8, 4) is 5.75 Å². The van der Waals surface area contributed by atoms with Gasteiger partial charge in [0.05, 0.1) is 16.3 Å². The number of thiophene rings is 1. The highest BCUT2D eigenvalue weighted by Gasteiger charge is 2.38. The number of aliphatic carboxylic acids is 1. The van der Waals surface area contributed by atoms with Gasteiger partial charge in [0.1, 0.15) is 22.7 Å². The fourth-order valence-electron chi connectivity index (χ4n) is 5.09. The van der Waals surface area contributed by atoms with Crippen LogP contribution in [-0.2, 0) is 16.6 Å². The Morgan fingerprint density at radius 3 is 2.44 bits per heavy atom. The highest BCUT2D eigenvalue weighted by Crippen LogP contribution is 2.40. The number of carbonyl (C=O) groups is 2. The summed E-state index contributed by atoms with van der Waals surface area (Å²) in [6.45, 7) is 3.60. The quantitative estimate of drug-likeness (QED) is 0.352. The van der Waals surface area contributed by atoms with Crippen LogP contribution in [0.4, 0.5) is 19.0 Å². The van der Waals surface area contributed by atoms with Crippen molar-refractivity contribution in [3.63, 3.8) is 0 Å². The minimum atomic E-state index is -5.08. The number of halogens is 3. The van der Waals surface area contributed by atoms with Crippen LogP contribution in [0.25, 0.3) is 21.0 Å². The van der Waals surface area contributed by atoms with E-state index in [0.29, 0.717) is 48.8 Å². The van der Waals surface area contributed by atoms with Crippen molar-refractivity contribution >= 4 is 50.0 Å². The highest BCUT2D eigenvalue weighted by atomic mass is 32.1. The molecule has 1 amide bonds. The summed E-state index contributed by atoms with van der Waals surface area (Å²) >= 11 is 1.36. The van der Waals surface area contributed by atoms with Crippen LogP contribution in [0.2, 0.25) is 0 Å². The Hall–Kier alpha value is -4.17. The van der Waals surface area contributed by atoms with E-state index in [2.05, 4.69) is 9.88 Å². The molecule has 3 aromatic heterocycles. The third kappa shape index (κ3) is 6.44. The van der Waals surface area contributed by atoms with Crippen LogP contribution in [0.1, 0.15) is 22.5 Å². The molecule has 0 saturated carbocycles. The molecule has 5 heterocycles. The van der Waals surface area contributed by atoms with Crippen molar-refractivity contribution in [1.29, 1.82) is 0 Å². The first-order chi connectivity index (χ1) is 20.6. The second-order valence-corrected chi connectivity index (χ2v) is 11.1. The van der Waals surface area contributed by atoms with Crippen molar-refractivity contribution in [2.75, 3.05) is 44.3 Å². The maximum atomic E-state index is 13.8. The Kier molecular flexibility index (Phi) is 8.87. The number of alkyl halides is 3. The highest BCUT2D eigenvalue weighted by molar-refractivity contribution is 7.22. The first-order valence-electron chi connectivity index (χ1n) is 13.6. The molecule has 228 valence electrons. The molecule has 0 spiro atoms. The van der Waals surface area contributed by atoms with Crippen LogP contribution in [0.3, 0.4) is 0 Å². The summed E-state index contributed by atoms with van der Waals surface area (Å²) in [5.41, 5.74) is 0.686. The number of carboxylic acids is 1. The number of ether oxygens (including phenoxy) is 2. The number of benzene rings is 1. The Morgan fingerprint density at radius 1 is 1.12 bits per heavy atom. The molecule has 1 aromatic carbocycles. The lowest BCUT2D eigenvalue weighted by molar-refractivity contribution is -0.192. The van der Waals surface area contributed by atoms with Crippen molar-refractivity contribution in [2.24, 2.45) is 7.05 Å². The Labute approximate surface area is 247 Å². The SMILES string of the molecule is Cn1c(=O)c2c(OCC3CCCO3)c(C(=O)N3CCN(c4ccccn4)CC3)sc2c2ccccc21.O=C(O)C(F)(F)F. The van der Waals surface area contributed by atoms with E-state index in [1.165, 1.54) is 11.3 Å². The second-order valence-electron chi connectivity index (χ2n) is 10.1. The van der Waals surface area contributed by atoms with E-state index in [4.69, 9.17) is 19.4 Å². The molecule has 1 unspecified atom stereocenters. The van der Waals surface area contributed by atoms with Gasteiger partial charge in [0.15, 0.2) is 5.75 Å². The van der Waals surface area contributed by atoms with E-state index in [9.17, 15) is 22.8 Å². The number of aromatic nitrogens is 2. The number of hydrogen-bond acceptors (Lipinski definition) is 8. The molecule has 10 nitrogen and oxygen atoms in total. The molecule has 14 heteroatoms. The third-order valence-corrected chi connectivity index (χ3v) is 8.50. The third-order valence-electron chi connectivity index (χ3n) is 7.31. The number of fused-ring (bicyclic) bond motifs is 3. The number of rotatable bonds is 5. The van der Waals surface area contributed by atoms with Crippen LogP contribution in [0.15, 0.2) is 53.5 Å². The lowest BCUT2D eigenvalue weighted by Crippen LogP contribution is -2.49. The number of carbonyl (C=O) groups excluding carboxylic acids is 1. The monoisotopic (exact) mass is 618 g/mol. The van der Waals surface area contributed by atoms with Gasteiger partial charge >= 0.3 is 12.1 Å². The summed E-state index contributed by atoms with van der Waals surface area (Å²) in [6, 6.07) is 13.7. The Bertz CT molecular complexity index is 1680. The molecule has 1 atom stereocenters. The maximum Gasteiger partial charge on any atom is 0.490 e. The molecule has 0 bridgehead atoms. The number of pyridine rings is 2. The minimum Gasteiger partial charge on any atom is -0.488 e. The van der Waals surface area contributed by atoms with Crippen LogP contribution in [0.5, 0.6) is 5.75 Å². The zero-order valence-electron chi connectivity index (χ0n) is 23.2. The average Bonchev–Trinajstić information content (AvgIpc) is 3.67. The Balaban J connectivity index is 0.000000472. The van der Waals surface area contributed by atoms with Gasteiger partial charge in [-0.25, -0.2) is 9.78 Å². The molecule has 2 fully saturated rings. The molecule has 43 heavy (non-hydrogen) atoms. The zero-order valence-corrected chi connectivity index (χ0v) is 24.0. The van der Waals surface area contributed by atoms with Crippen LogP contribution in [0, 0.1) is 0 Å². The summed E-state index contributed by atoms with van der Waals surface area (Å²) in [6.07, 6.45) is -1.40. The van der Waals surface area contributed by atoms with E-state index in [1.807, 2.05) is 47.4 Å². The van der Waals surface area contributed by atoms with E-state index in [0.717, 1.165) is 40.9 Å². The normalized spacial score (nSPS) is 17.2. The van der Waals surface area contributed by atoms with Gasteiger partial charge in [-0.2, -0.15) is 13.2 Å².